The van der Waals surface area contributed by atoms with Crippen molar-refractivity contribution in [1.29, 1.82) is 0 Å². The topological polar surface area (TPSA) is 0 Å². The van der Waals surface area contributed by atoms with Gasteiger partial charge in [0.2, 0.25) is 0 Å². The summed E-state index contributed by atoms with van der Waals surface area (Å²) in [5.74, 6) is 0. The van der Waals surface area contributed by atoms with E-state index in [0.29, 0.717) is 5.41 Å². The van der Waals surface area contributed by atoms with E-state index in [2.05, 4.69) is 27.4 Å². The highest BCUT2D eigenvalue weighted by molar-refractivity contribution is 7.36. The Morgan fingerprint density at radius 1 is 1.33 bits per heavy atom. The standard InChI is InChI=1S/C8H19P/c1-5-8(2,3)6-7-9-4/h9H,5-7H2,1-4H3. The van der Waals surface area contributed by atoms with Gasteiger partial charge in [0.1, 0.15) is 0 Å². The van der Waals surface area contributed by atoms with Gasteiger partial charge in [0.15, 0.2) is 0 Å². The summed E-state index contributed by atoms with van der Waals surface area (Å²) in [6.45, 7) is 9.27. The fourth-order valence-electron chi connectivity index (χ4n) is 0.640. The van der Waals surface area contributed by atoms with Crippen molar-refractivity contribution >= 4 is 8.58 Å². The van der Waals surface area contributed by atoms with Gasteiger partial charge in [0.25, 0.3) is 0 Å². The van der Waals surface area contributed by atoms with E-state index in [-0.39, 0.29) is 0 Å². The number of hydrogen-bond donors (Lipinski definition) is 0. The Morgan fingerprint density at radius 3 is 2.22 bits per heavy atom. The van der Waals surface area contributed by atoms with Gasteiger partial charge in [-0.2, -0.15) is 0 Å². The molecule has 1 heteroatoms. The maximum absolute atomic E-state index is 2.35. The monoisotopic (exact) mass is 146 g/mol. The highest BCUT2D eigenvalue weighted by Gasteiger charge is 2.12. The molecule has 0 spiro atoms. The van der Waals surface area contributed by atoms with Crippen LogP contribution in [0, 0.1) is 5.41 Å². The summed E-state index contributed by atoms with van der Waals surface area (Å²) in [4.78, 5) is 0. The van der Waals surface area contributed by atoms with Crippen LogP contribution in [0.5, 0.6) is 0 Å². The average Bonchev–Trinajstić information content (AvgIpc) is 1.84. The fraction of sp³-hybridized carbons (Fsp3) is 1.00. The van der Waals surface area contributed by atoms with Crippen LogP contribution < -0.4 is 0 Å². The highest BCUT2D eigenvalue weighted by Crippen LogP contribution is 2.26. The second kappa shape index (κ2) is 4.28. The van der Waals surface area contributed by atoms with Gasteiger partial charge in [-0.05, 0) is 24.7 Å². The molecule has 0 aliphatic carbocycles. The molecule has 0 N–H and O–H groups in total. The third-order valence-corrected chi connectivity index (χ3v) is 2.76. The predicted molar refractivity (Wildman–Crippen MR) is 47.8 cm³/mol. The average molecular weight is 146 g/mol. The van der Waals surface area contributed by atoms with Gasteiger partial charge >= 0.3 is 0 Å². The van der Waals surface area contributed by atoms with Gasteiger partial charge in [0.05, 0.1) is 0 Å². The second-order valence-corrected chi connectivity index (χ2v) is 4.58. The fourth-order valence-corrected chi connectivity index (χ4v) is 1.57. The smallest absolute Gasteiger partial charge is 0.0351 e. The summed E-state index contributed by atoms with van der Waals surface area (Å²) in [6, 6.07) is 0. The van der Waals surface area contributed by atoms with Crippen molar-refractivity contribution in [2.45, 2.75) is 33.6 Å². The van der Waals surface area contributed by atoms with Gasteiger partial charge in [-0.3, -0.25) is 0 Å². The van der Waals surface area contributed by atoms with E-state index in [1.54, 1.807) is 0 Å². The van der Waals surface area contributed by atoms with E-state index in [1.807, 2.05) is 0 Å². The summed E-state index contributed by atoms with van der Waals surface area (Å²) in [5.41, 5.74) is 0.600. The third-order valence-electron chi connectivity index (χ3n) is 2.01. The summed E-state index contributed by atoms with van der Waals surface area (Å²) in [6.07, 6.45) is 4.14. The first-order valence-corrected chi connectivity index (χ1v) is 5.47. The lowest BCUT2D eigenvalue weighted by molar-refractivity contribution is 0.341. The SMILES string of the molecule is CCC(C)(C)CCPC. The molecule has 0 aliphatic heterocycles. The maximum Gasteiger partial charge on any atom is -0.0351 e. The van der Waals surface area contributed by atoms with Crippen LogP contribution >= 0.6 is 8.58 Å². The first kappa shape index (κ1) is 9.43. The minimum absolute atomic E-state index is 0.600. The van der Waals surface area contributed by atoms with E-state index in [1.165, 1.54) is 19.0 Å². The zero-order chi connectivity index (χ0) is 7.33. The normalized spacial score (nSPS) is 13.3. The molecule has 0 radical (unpaired) electrons. The quantitative estimate of drug-likeness (QED) is 0.534. The molecule has 0 saturated heterocycles. The molecule has 9 heavy (non-hydrogen) atoms. The molecule has 0 aromatic carbocycles. The lowest BCUT2D eigenvalue weighted by atomic mass is 9.87. The van der Waals surface area contributed by atoms with Gasteiger partial charge in [-0.1, -0.05) is 27.2 Å². The molecule has 0 amide bonds. The predicted octanol–water partition coefficient (Wildman–Crippen LogP) is 3.12. The molecule has 1 unspecified atom stereocenters. The molecule has 0 bridgehead atoms. The zero-order valence-corrected chi connectivity index (χ0v) is 8.12. The minimum Gasteiger partial charge on any atom is -0.125 e. The molecular weight excluding hydrogens is 127 g/mol. The van der Waals surface area contributed by atoms with Crippen LogP contribution in [-0.2, 0) is 0 Å². The zero-order valence-electron chi connectivity index (χ0n) is 7.12. The van der Waals surface area contributed by atoms with Crippen molar-refractivity contribution in [2.75, 3.05) is 12.8 Å². The van der Waals surface area contributed by atoms with Crippen LogP contribution in [0.15, 0.2) is 0 Å². The van der Waals surface area contributed by atoms with Crippen molar-refractivity contribution in [3.8, 4) is 0 Å². The van der Waals surface area contributed by atoms with Crippen LogP contribution in [-0.4, -0.2) is 12.8 Å². The van der Waals surface area contributed by atoms with E-state index in [0.717, 1.165) is 8.58 Å². The molecule has 0 rings (SSSR count). The summed E-state index contributed by atoms with van der Waals surface area (Å²) < 4.78 is 0. The van der Waals surface area contributed by atoms with Crippen LogP contribution in [0.2, 0.25) is 0 Å². The highest BCUT2D eigenvalue weighted by atomic mass is 31.1. The summed E-state index contributed by atoms with van der Waals surface area (Å²) in [7, 11) is 1.13. The lowest BCUT2D eigenvalue weighted by Crippen LogP contribution is -2.09. The molecular formula is C8H19P. The van der Waals surface area contributed by atoms with E-state index >= 15 is 0 Å². The van der Waals surface area contributed by atoms with E-state index in [9.17, 15) is 0 Å². The first-order valence-electron chi connectivity index (χ1n) is 3.77. The van der Waals surface area contributed by atoms with Crippen molar-refractivity contribution in [1.82, 2.24) is 0 Å². The Kier molecular flexibility index (Phi) is 4.48. The van der Waals surface area contributed by atoms with Crippen LogP contribution in [0.1, 0.15) is 33.6 Å². The van der Waals surface area contributed by atoms with Crippen LogP contribution in [0.25, 0.3) is 0 Å². The Labute approximate surface area is 61.2 Å². The van der Waals surface area contributed by atoms with Gasteiger partial charge in [0, 0.05) is 0 Å². The Balaban J connectivity index is 3.33. The Hall–Kier alpha value is 0.430. The lowest BCUT2D eigenvalue weighted by Gasteiger charge is -2.21. The summed E-state index contributed by atoms with van der Waals surface area (Å²) in [5, 5.41) is 0. The van der Waals surface area contributed by atoms with Crippen LogP contribution in [0.3, 0.4) is 0 Å². The Morgan fingerprint density at radius 2 is 1.89 bits per heavy atom. The largest absolute Gasteiger partial charge is 0.125 e. The first-order chi connectivity index (χ1) is 4.12. The number of hydrogen-bond acceptors (Lipinski definition) is 0. The molecule has 0 aliphatic rings. The van der Waals surface area contributed by atoms with Crippen molar-refractivity contribution in [2.24, 2.45) is 5.41 Å². The second-order valence-electron chi connectivity index (χ2n) is 3.37. The third kappa shape index (κ3) is 4.90. The number of rotatable bonds is 4. The van der Waals surface area contributed by atoms with Gasteiger partial charge in [-0.15, -0.1) is 8.58 Å². The van der Waals surface area contributed by atoms with Crippen molar-refractivity contribution < 1.29 is 0 Å². The maximum atomic E-state index is 2.35. The van der Waals surface area contributed by atoms with Gasteiger partial charge in [-0.25, -0.2) is 0 Å². The van der Waals surface area contributed by atoms with Gasteiger partial charge < -0.3 is 0 Å². The molecule has 0 saturated carbocycles. The van der Waals surface area contributed by atoms with Crippen molar-refractivity contribution in [3.05, 3.63) is 0 Å². The molecule has 56 valence electrons. The molecule has 0 heterocycles. The van der Waals surface area contributed by atoms with E-state index < -0.39 is 0 Å². The van der Waals surface area contributed by atoms with Crippen molar-refractivity contribution in [3.63, 3.8) is 0 Å². The molecule has 0 nitrogen and oxygen atoms in total. The minimum atomic E-state index is 0.600. The Bertz CT molecular complexity index is 67.0. The molecule has 1 atom stereocenters. The molecule has 0 aromatic heterocycles. The summed E-state index contributed by atoms with van der Waals surface area (Å²) >= 11 is 0. The molecule has 0 fully saturated rings. The van der Waals surface area contributed by atoms with Crippen LogP contribution in [0.4, 0.5) is 0 Å². The molecule has 0 aromatic rings. The van der Waals surface area contributed by atoms with E-state index in [4.69, 9.17) is 0 Å².